The first-order chi connectivity index (χ1) is 13.8. The molecular formula is C21H18N6O. The Bertz CT molecular complexity index is 1270. The number of aliphatic hydroxyl groups is 1. The number of hydrogen-bond donors (Lipinski definition) is 1. The van der Waals surface area contributed by atoms with Crippen molar-refractivity contribution in [1.29, 1.82) is 0 Å². The lowest BCUT2D eigenvalue weighted by Gasteiger charge is -2.06. The van der Waals surface area contributed by atoms with Crippen molar-refractivity contribution < 1.29 is 5.11 Å². The highest BCUT2D eigenvalue weighted by Gasteiger charge is 2.10. The van der Waals surface area contributed by atoms with E-state index in [0.29, 0.717) is 13.1 Å². The highest BCUT2D eigenvalue weighted by Crippen LogP contribution is 2.21. The van der Waals surface area contributed by atoms with Crippen LogP contribution in [0.3, 0.4) is 0 Å². The lowest BCUT2D eigenvalue weighted by molar-refractivity contribution is 0.269. The van der Waals surface area contributed by atoms with E-state index >= 15 is 0 Å². The van der Waals surface area contributed by atoms with Gasteiger partial charge in [0.25, 0.3) is 0 Å². The van der Waals surface area contributed by atoms with E-state index < -0.39 is 0 Å². The lowest BCUT2D eigenvalue weighted by Crippen LogP contribution is -2.03. The van der Waals surface area contributed by atoms with Crippen molar-refractivity contribution in [2.45, 2.75) is 13.1 Å². The van der Waals surface area contributed by atoms with Gasteiger partial charge in [0.1, 0.15) is 11.2 Å². The van der Waals surface area contributed by atoms with Crippen LogP contribution in [0.5, 0.6) is 0 Å². The van der Waals surface area contributed by atoms with Crippen molar-refractivity contribution in [2.24, 2.45) is 0 Å². The second kappa shape index (κ2) is 6.86. The molecule has 28 heavy (non-hydrogen) atoms. The van der Waals surface area contributed by atoms with E-state index in [-0.39, 0.29) is 6.61 Å². The van der Waals surface area contributed by atoms with Crippen LogP contribution in [-0.4, -0.2) is 41.0 Å². The Morgan fingerprint density at radius 1 is 0.929 bits per heavy atom. The summed E-state index contributed by atoms with van der Waals surface area (Å²) in [5.74, 6) is 0. The van der Waals surface area contributed by atoms with E-state index in [2.05, 4.69) is 33.3 Å². The Kier molecular flexibility index (Phi) is 4.06. The molecule has 1 N–H and O–H groups in total. The predicted molar refractivity (Wildman–Crippen MR) is 107 cm³/mol. The number of aliphatic hydroxyl groups excluding tert-OH is 1. The van der Waals surface area contributed by atoms with E-state index in [1.807, 2.05) is 47.4 Å². The number of benzene rings is 1. The third-order valence-corrected chi connectivity index (χ3v) is 4.72. The molecule has 0 spiro atoms. The minimum absolute atomic E-state index is 0.0572. The summed E-state index contributed by atoms with van der Waals surface area (Å²) in [5.41, 5.74) is 5.38. The molecule has 7 heteroatoms. The fourth-order valence-corrected chi connectivity index (χ4v) is 3.34. The van der Waals surface area contributed by atoms with Gasteiger partial charge in [-0.05, 0) is 42.0 Å². The molecule has 5 aromatic rings. The Morgan fingerprint density at radius 2 is 1.86 bits per heavy atom. The zero-order valence-corrected chi connectivity index (χ0v) is 15.1. The zero-order chi connectivity index (χ0) is 18.9. The van der Waals surface area contributed by atoms with Crippen molar-refractivity contribution in [1.82, 2.24) is 29.3 Å². The first-order valence-corrected chi connectivity index (χ1v) is 9.10. The molecular weight excluding hydrogens is 352 g/mol. The molecule has 0 saturated carbocycles. The summed E-state index contributed by atoms with van der Waals surface area (Å²) in [4.78, 5) is 13.6. The molecule has 4 heterocycles. The minimum atomic E-state index is 0.0572. The second-order valence-corrected chi connectivity index (χ2v) is 6.63. The van der Waals surface area contributed by atoms with E-state index in [9.17, 15) is 0 Å². The highest BCUT2D eigenvalue weighted by molar-refractivity contribution is 5.79. The first-order valence-electron chi connectivity index (χ1n) is 9.10. The van der Waals surface area contributed by atoms with Crippen LogP contribution in [0.4, 0.5) is 0 Å². The number of nitrogens with zero attached hydrogens (tertiary/aromatic N) is 6. The van der Waals surface area contributed by atoms with E-state index in [4.69, 9.17) is 10.1 Å². The Labute approximate surface area is 160 Å². The highest BCUT2D eigenvalue weighted by atomic mass is 16.3. The maximum absolute atomic E-state index is 9.06. The molecule has 0 bridgehead atoms. The average Bonchev–Trinajstić information content (AvgIpc) is 3.35. The summed E-state index contributed by atoms with van der Waals surface area (Å²) in [6.07, 6.45) is 5.47. The summed E-state index contributed by atoms with van der Waals surface area (Å²) in [6.45, 7) is 1.20. The van der Waals surface area contributed by atoms with Gasteiger partial charge in [-0.1, -0.05) is 12.1 Å². The number of hydrogen-bond acceptors (Lipinski definition) is 5. The quantitative estimate of drug-likeness (QED) is 0.514. The van der Waals surface area contributed by atoms with Crippen molar-refractivity contribution in [3.05, 3.63) is 72.8 Å². The molecule has 4 aromatic heterocycles. The Balaban J connectivity index is 1.50. The number of rotatable bonds is 5. The van der Waals surface area contributed by atoms with Crippen LogP contribution < -0.4 is 0 Å². The van der Waals surface area contributed by atoms with Gasteiger partial charge in [0.15, 0.2) is 5.65 Å². The van der Waals surface area contributed by atoms with Gasteiger partial charge >= 0.3 is 0 Å². The van der Waals surface area contributed by atoms with Crippen molar-refractivity contribution in [2.75, 3.05) is 6.61 Å². The van der Waals surface area contributed by atoms with Crippen LogP contribution in [0.25, 0.3) is 33.5 Å². The molecule has 0 aliphatic heterocycles. The molecule has 0 fully saturated rings. The van der Waals surface area contributed by atoms with Crippen molar-refractivity contribution in [3.63, 3.8) is 0 Å². The number of pyridine rings is 2. The summed E-state index contributed by atoms with van der Waals surface area (Å²) in [5, 5.41) is 14.6. The number of imidazole rings is 1. The Hall–Kier alpha value is -3.58. The monoisotopic (exact) mass is 370 g/mol. The number of fused-ring (bicyclic) bond motifs is 2. The third-order valence-electron chi connectivity index (χ3n) is 4.72. The van der Waals surface area contributed by atoms with Gasteiger partial charge in [-0.25, -0.2) is 9.97 Å². The SMILES string of the molecule is OCCn1ccc(-c2ccc3ncn(Cc4ccc5ncccc5c4)c3n2)n1. The van der Waals surface area contributed by atoms with Crippen molar-refractivity contribution >= 4 is 22.1 Å². The van der Waals surface area contributed by atoms with Gasteiger partial charge in [-0.3, -0.25) is 9.67 Å². The van der Waals surface area contributed by atoms with Gasteiger partial charge in [-0.15, -0.1) is 0 Å². The van der Waals surface area contributed by atoms with Crippen LogP contribution >= 0.6 is 0 Å². The Morgan fingerprint density at radius 3 is 2.79 bits per heavy atom. The normalized spacial score (nSPS) is 11.5. The molecule has 0 aliphatic carbocycles. The molecule has 138 valence electrons. The summed E-state index contributed by atoms with van der Waals surface area (Å²) >= 11 is 0. The molecule has 0 aliphatic rings. The van der Waals surface area contributed by atoms with Crippen LogP contribution in [-0.2, 0) is 13.1 Å². The van der Waals surface area contributed by atoms with Crippen LogP contribution in [0, 0.1) is 0 Å². The fourth-order valence-electron chi connectivity index (χ4n) is 3.34. The summed E-state index contributed by atoms with van der Waals surface area (Å²) in [6, 6.07) is 16.1. The van der Waals surface area contributed by atoms with Gasteiger partial charge in [-0.2, -0.15) is 5.10 Å². The topological polar surface area (TPSA) is 81.6 Å². The molecule has 0 atom stereocenters. The molecule has 5 rings (SSSR count). The smallest absolute Gasteiger partial charge is 0.160 e. The maximum atomic E-state index is 9.06. The second-order valence-electron chi connectivity index (χ2n) is 6.63. The largest absolute Gasteiger partial charge is 0.394 e. The van der Waals surface area contributed by atoms with Crippen LogP contribution in [0.15, 0.2) is 67.3 Å². The third kappa shape index (κ3) is 3.01. The standard InChI is InChI=1S/C21H18N6O/c28-11-10-27-9-7-19(25-27)18-5-6-20-21(24-18)26(14-23-20)13-15-3-4-17-16(12-15)2-1-8-22-17/h1-9,12,14,28H,10-11,13H2. The number of aromatic nitrogens is 6. The summed E-state index contributed by atoms with van der Waals surface area (Å²) in [7, 11) is 0. The fraction of sp³-hybridized carbons (Fsp3) is 0.143. The van der Waals surface area contributed by atoms with Crippen molar-refractivity contribution in [3.8, 4) is 11.4 Å². The van der Waals surface area contributed by atoms with Gasteiger partial charge in [0, 0.05) is 17.8 Å². The minimum Gasteiger partial charge on any atom is -0.394 e. The van der Waals surface area contributed by atoms with E-state index in [1.54, 1.807) is 10.9 Å². The molecule has 1 aromatic carbocycles. The molecule has 0 unspecified atom stereocenters. The maximum Gasteiger partial charge on any atom is 0.160 e. The van der Waals surface area contributed by atoms with Crippen LogP contribution in [0.1, 0.15) is 5.56 Å². The predicted octanol–water partition coefficient (Wildman–Crippen LogP) is 2.88. The molecule has 0 amide bonds. The average molecular weight is 370 g/mol. The zero-order valence-electron chi connectivity index (χ0n) is 15.1. The van der Waals surface area contributed by atoms with Crippen LogP contribution in [0.2, 0.25) is 0 Å². The molecule has 0 radical (unpaired) electrons. The van der Waals surface area contributed by atoms with Gasteiger partial charge < -0.3 is 9.67 Å². The van der Waals surface area contributed by atoms with Gasteiger partial charge in [0.2, 0.25) is 0 Å². The molecule has 0 saturated heterocycles. The van der Waals surface area contributed by atoms with E-state index in [0.717, 1.165) is 33.5 Å². The van der Waals surface area contributed by atoms with Gasteiger partial charge in [0.05, 0.1) is 37.2 Å². The summed E-state index contributed by atoms with van der Waals surface area (Å²) < 4.78 is 3.75. The first kappa shape index (κ1) is 16.6. The van der Waals surface area contributed by atoms with E-state index in [1.165, 1.54) is 5.56 Å². The molecule has 7 nitrogen and oxygen atoms in total. The lowest BCUT2D eigenvalue weighted by atomic mass is 10.1.